The van der Waals surface area contributed by atoms with E-state index in [1.54, 1.807) is 0 Å². The van der Waals surface area contributed by atoms with E-state index < -0.39 is 0 Å². The Morgan fingerprint density at radius 1 is 1.32 bits per heavy atom. The van der Waals surface area contributed by atoms with Gasteiger partial charge in [0.2, 0.25) is 5.91 Å². The molecule has 2 aromatic rings. The van der Waals surface area contributed by atoms with Crippen LogP contribution in [0.2, 0.25) is 0 Å². The minimum atomic E-state index is 0.137. The van der Waals surface area contributed by atoms with Crippen molar-refractivity contribution in [3.63, 3.8) is 0 Å². The second-order valence-corrected chi connectivity index (χ2v) is 7.50. The molecule has 132 valence electrons. The van der Waals surface area contributed by atoms with Crippen LogP contribution in [0.5, 0.6) is 0 Å². The molecule has 4 rings (SSSR count). The maximum atomic E-state index is 12.5. The van der Waals surface area contributed by atoms with E-state index >= 15 is 0 Å². The number of hydrogen-bond donors (Lipinski definition) is 1. The maximum absolute atomic E-state index is 12.5. The number of benzene rings is 1. The number of nitrogens with one attached hydrogen (secondary N) is 1. The molecule has 1 aromatic heterocycles. The second-order valence-electron chi connectivity index (χ2n) is 7.50. The monoisotopic (exact) mass is 338 g/mol. The van der Waals surface area contributed by atoms with Crippen LogP contribution >= 0.6 is 0 Å². The summed E-state index contributed by atoms with van der Waals surface area (Å²) in [6, 6.07) is 10.9. The van der Waals surface area contributed by atoms with Gasteiger partial charge in [-0.2, -0.15) is 5.10 Å². The lowest BCUT2D eigenvalue weighted by Crippen LogP contribution is -2.40. The summed E-state index contributed by atoms with van der Waals surface area (Å²) in [7, 11) is 1.94. The van der Waals surface area contributed by atoms with Crippen LogP contribution in [0.1, 0.15) is 42.9 Å². The Hall–Kier alpha value is -2.14. The van der Waals surface area contributed by atoms with Crippen LogP contribution in [-0.4, -0.2) is 40.2 Å². The van der Waals surface area contributed by atoms with Crippen LogP contribution in [0, 0.1) is 0 Å². The number of aromatic nitrogens is 2. The molecule has 1 N–H and O–H groups in total. The summed E-state index contributed by atoms with van der Waals surface area (Å²) in [5, 5.41) is 7.46. The molecule has 0 spiro atoms. The molecule has 1 saturated carbocycles. The molecule has 25 heavy (non-hydrogen) atoms. The van der Waals surface area contributed by atoms with Crippen LogP contribution in [0.4, 0.5) is 0 Å². The molecule has 1 atom stereocenters. The highest BCUT2D eigenvalue weighted by atomic mass is 16.2. The maximum Gasteiger partial charge on any atom is 0.234 e. The van der Waals surface area contributed by atoms with Crippen molar-refractivity contribution in [1.82, 2.24) is 20.0 Å². The van der Waals surface area contributed by atoms with Gasteiger partial charge in [0.15, 0.2) is 0 Å². The Kier molecular flexibility index (Phi) is 4.34. The molecule has 0 radical (unpaired) electrons. The van der Waals surface area contributed by atoms with Gasteiger partial charge in [0, 0.05) is 36.8 Å². The van der Waals surface area contributed by atoms with Gasteiger partial charge in [0.05, 0.1) is 12.7 Å². The molecule has 1 aliphatic carbocycles. The first-order chi connectivity index (χ1) is 12.2. The lowest BCUT2D eigenvalue weighted by atomic mass is 9.96. The summed E-state index contributed by atoms with van der Waals surface area (Å²) in [6.45, 7) is 2.21. The molecule has 2 heterocycles. The van der Waals surface area contributed by atoms with Gasteiger partial charge in [0.25, 0.3) is 0 Å². The number of rotatable bonds is 6. The number of amides is 1. The first kappa shape index (κ1) is 16.3. The van der Waals surface area contributed by atoms with Gasteiger partial charge in [-0.15, -0.1) is 0 Å². The van der Waals surface area contributed by atoms with E-state index in [1.807, 2.05) is 24.0 Å². The minimum Gasteiger partial charge on any atom is -0.354 e. The second kappa shape index (κ2) is 6.64. The third-order valence-electron chi connectivity index (χ3n) is 5.68. The van der Waals surface area contributed by atoms with Crippen LogP contribution in [0.25, 0.3) is 0 Å². The van der Waals surface area contributed by atoms with E-state index in [2.05, 4.69) is 45.8 Å². The molecule has 5 heteroatoms. The zero-order valence-corrected chi connectivity index (χ0v) is 14.8. The smallest absolute Gasteiger partial charge is 0.234 e. The van der Waals surface area contributed by atoms with Gasteiger partial charge in [-0.3, -0.25) is 14.4 Å². The Bertz CT molecular complexity index is 735. The topological polar surface area (TPSA) is 50.2 Å². The SMILES string of the molecule is Cn1cc([C@@H]2CCCN2CC(=O)NCC2(c3ccccc3)CC2)cn1. The van der Waals surface area contributed by atoms with E-state index in [-0.39, 0.29) is 11.3 Å². The molecule has 1 aromatic carbocycles. The van der Waals surface area contributed by atoms with E-state index in [0.29, 0.717) is 12.6 Å². The van der Waals surface area contributed by atoms with Crippen LogP contribution < -0.4 is 5.32 Å². The van der Waals surface area contributed by atoms with Crippen molar-refractivity contribution < 1.29 is 4.79 Å². The van der Waals surface area contributed by atoms with Crippen LogP contribution in [0.3, 0.4) is 0 Å². The molecule has 5 nitrogen and oxygen atoms in total. The third kappa shape index (κ3) is 3.47. The average Bonchev–Trinajstić information content (AvgIpc) is 3.08. The van der Waals surface area contributed by atoms with Gasteiger partial charge >= 0.3 is 0 Å². The van der Waals surface area contributed by atoms with Crippen molar-refractivity contribution in [3.05, 3.63) is 53.9 Å². The van der Waals surface area contributed by atoms with E-state index in [1.165, 1.54) is 24.0 Å². The van der Waals surface area contributed by atoms with Crippen molar-refractivity contribution in [2.24, 2.45) is 7.05 Å². The Balaban J connectivity index is 1.33. The van der Waals surface area contributed by atoms with Crippen molar-refractivity contribution in [1.29, 1.82) is 0 Å². The zero-order chi connectivity index (χ0) is 17.3. The number of hydrogen-bond acceptors (Lipinski definition) is 3. The molecule has 1 amide bonds. The van der Waals surface area contributed by atoms with Gasteiger partial charge in [0.1, 0.15) is 0 Å². The van der Waals surface area contributed by atoms with Gasteiger partial charge in [-0.1, -0.05) is 30.3 Å². The predicted molar refractivity (Wildman–Crippen MR) is 97.1 cm³/mol. The molecule has 1 aliphatic heterocycles. The summed E-state index contributed by atoms with van der Waals surface area (Å²) >= 11 is 0. The van der Waals surface area contributed by atoms with Crippen molar-refractivity contribution >= 4 is 5.91 Å². The molecule has 0 unspecified atom stereocenters. The number of nitrogens with zero attached hydrogens (tertiary/aromatic N) is 3. The summed E-state index contributed by atoms with van der Waals surface area (Å²) in [4.78, 5) is 14.8. The fourth-order valence-electron chi connectivity index (χ4n) is 4.02. The molecular formula is C20H26N4O. The first-order valence-corrected chi connectivity index (χ1v) is 9.21. The Morgan fingerprint density at radius 2 is 2.12 bits per heavy atom. The summed E-state index contributed by atoms with van der Waals surface area (Å²) in [5.74, 6) is 0.137. The first-order valence-electron chi connectivity index (χ1n) is 9.21. The minimum absolute atomic E-state index is 0.137. The molecule has 2 fully saturated rings. The van der Waals surface area contributed by atoms with Crippen LogP contribution in [0.15, 0.2) is 42.7 Å². The zero-order valence-electron chi connectivity index (χ0n) is 14.8. The summed E-state index contributed by atoms with van der Waals surface area (Å²) in [6.07, 6.45) is 8.57. The lowest BCUT2D eigenvalue weighted by Gasteiger charge is -2.24. The standard InChI is InChI=1S/C20H26N4O/c1-23-13-16(12-22-23)18-8-5-11-24(18)14-19(25)21-15-20(9-10-20)17-6-3-2-4-7-17/h2-4,6-7,12-13,18H,5,8-11,14-15H2,1H3,(H,21,25)/t18-/m0/s1. The van der Waals surface area contributed by atoms with Gasteiger partial charge in [-0.05, 0) is 37.8 Å². The van der Waals surface area contributed by atoms with Crippen LogP contribution in [-0.2, 0) is 17.3 Å². The highest BCUT2D eigenvalue weighted by molar-refractivity contribution is 5.78. The fourth-order valence-corrected chi connectivity index (χ4v) is 4.02. The number of aryl methyl sites for hydroxylation is 1. The van der Waals surface area contributed by atoms with Crippen molar-refractivity contribution in [2.45, 2.75) is 37.1 Å². The summed E-state index contributed by atoms with van der Waals surface area (Å²) in [5.41, 5.74) is 2.74. The molecule has 0 bridgehead atoms. The van der Waals surface area contributed by atoms with Crippen molar-refractivity contribution in [2.75, 3.05) is 19.6 Å². The highest BCUT2D eigenvalue weighted by Gasteiger charge is 2.44. The van der Waals surface area contributed by atoms with Crippen molar-refractivity contribution in [3.8, 4) is 0 Å². The predicted octanol–water partition coefficient (Wildman–Crippen LogP) is 2.41. The average molecular weight is 338 g/mol. The number of likely N-dealkylation sites (tertiary alicyclic amines) is 1. The third-order valence-corrected chi connectivity index (χ3v) is 5.68. The fraction of sp³-hybridized carbons (Fsp3) is 0.500. The van der Waals surface area contributed by atoms with Gasteiger partial charge in [-0.25, -0.2) is 0 Å². The Morgan fingerprint density at radius 3 is 2.80 bits per heavy atom. The lowest BCUT2D eigenvalue weighted by molar-refractivity contribution is -0.122. The normalized spacial score (nSPS) is 22.0. The highest BCUT2D eigenvalue weighted by Crippen LogP contribution is 2.47. The molecule has 1 saturated heterocycles. The van der Waals surface area contributed by atoms with E-state index in [9.17, 15) is 4.79 Å². The Labute approximate surface area is 149 Å². The van der Waals surface area contributed by atoms with Gasteiger partial charge < -0.3 is 5.32 Å². The number of carbonyl (C=O) groups is 1. The quantitative estimate of drug-likeness (QED) is 0.880. The van der Waals surface area contributed by atoms with E-state index in [4.69, 9.17) is 0 Å². The van der Waals surface area contributed by atoms with E-state index in [0.717, 1.165) is 25.9 Å². The molecular weight excluding hydrogens is 312 g/mol. The number of carbonyl (C=O) groups excluding carboxylic acids is 1. The molecule has 2 aliphatic rings. The summed E-state index contributed by atoms with van der Waals surface area (Å²) < 4.78 is 1.84. The largest absolute Gasteiger partial charge is 0.354 e.